The van der Waals surface area contributed by atoms with E-state index in [1.165, 1.54) is 6.07 Å². The van der Waals surface area contributed by atoms with Gasteiger partial charge in [0.05, 0.1) is 10.3 Å². The molecule has 94 valence electrons. The van der Waals surface area contributed by atoms with Crippen LogP contribution in [0.15, 0.2) is 12.3 Å². The highest BCUT2D eigenvalue weighted by atomic mass is 16.6. The van der Waals surface area contributed by atoms with Gasteiger partial charge in [0.2, 0.25) is 5.91 Å². The zero-order chi connectivity index (χ0) is 13.3. The molecule has 0 bridgehead atoms. The van der Waals surface area contributed by atoms with Crippen molar-refractivity contribution in [3.05, 3.63) is 22.4 Å². The molecular weight excluding hydrogens is 238 g/mol. The van der Waals surface area contributed by atoms with E-state index in [0.29, 0.717) is 16.9 Å². The van der Waals surface area contributed by atoms with Crippen molar-refractivity contribution in [2.24, 2.45) is 5.92 Å². The fourth-order valence-corrected chi connectivity index (χ4v) is 1.35. The highest BCUT2D eigenvalue weighted by Gasteiger charge is 2.15. The predicted octanol–water partition coefficient (Wildman–Crippen LogP) is 1.46. The summed E-state index contributed by atoms with van der Waals surface area (Å²) < 4.78 is 0. The first-order valence-electron chi connectivity index (χ1n) is 5.28. The molecule has 2 heterocycles. The minimum Gasteiger partial charge on any atom is -0.310 e. The van der Waals surface area contributed by atoms with Crippen molar-refractivity contribution in [3.63, 3.8) is 0 Å². The molecule has 2 aromatic heterocycles. The van der Waals surface area contributed by atoms with Crippen LogP contribution in [0.25, 0.3) is 11.0 Å². The molecule has 0 saturated carbocycles. The van der Waals surface area contributed by atoms with Gasteiger partial charge in [0.1, 0.15) is 12.0 Å². The lowest BCUT2D eigenvalue weighted by molar-refractivity contribution is -0.385. The van der Waals surface area contributed by atoms with E-state index in [1.807, 2.05) is 0 Å². The van der Waals surface area contributed by atoms with Crippen molar-refractivity contribution in [1.82, 2.24) is 15.2 Å². The Labute approximate surface area is 102 Å². The van der Waals surface area contributed by atoms with Crippen LogP contribution in [-0.4, -0.2) is 26.0 Å². The molecule has 0 fully saturated rings. The van der Waals surface area contributed by atoms with Gasteiger partial charge in [0.25, 0.3) is 5.69 Å². The molecule has 0 aliphatic rings. The molecule has 0 aliphatic carbocycles. The third-order valence-corrected chi connectivity index (χ3v) is 2.38. The van der Waals surface area contributed by atoms with Crippen LogP contribution < -0.4 is 5.32 Å². The Morgan fingerprint density at radius 2 is 2.28 bits per heavy atom. The normalized spacial score (nSPS) is 10.8. The van der Waals surface area contributed by atoms with E-state index < -0.39 is 4.92 Å². The average molecular weight is 249 g/mol. The van der Waals surface area contributed by atoms with Crippen LogP contribution in [0.5, 0.6) is 0 Å². The van der Waals surface area contributed by atoms with Crippen LogP contribution in [0.2, 0.25) is 0 Å². The maximum Gasteiger partial charge on any atom is 0.288 e. The number of hydrogen-bond acceptors (Lipinski definition) is 5. The minimum atomic E-state index is -0.548. The number of fused-ring (bicyclic) bond motifs is 1. The molecule has 0 radical (unpaired) electrons. The first-order valence-corrected chi connectivity index (χ1v) is 5.28. The molecule has 0 aliphatic heterocycles. The van der Waals surface area contributed by atoms with Gasteiger partial charge in [0, 0.05) is 12.0 Å². The van der Waals surface area contributed by atoms with Crippen LogP contribution in [0.1, 0.15) is 13.8 Å². The second kappa shape index (κ2) is 4.40. The fourth-order valence-electron chi connectivity index (χ4n) is 1.35. The fraction of sp³-hybridized carbons (Fsp3) is 0.300. The highest BCUT2D eigenvalue weighted by molar-refractivity contribution is 5.99. The number of carbonyl (C=O) groups is 1. The summed E-state index contributed by atoms with van der Waals surface area (Å²) >= 11 is 0. The van der Waals surface area contributed by atoms with Crippen LogP contribution in [0.4, 0.5) is 11.5 Å². The standard InChI is InChI=1S/C10H11N5O3/c1-5(2)10(16)12-9-7-3-6(15(17)18)4-11-8(7)13-14-9/h3-5H,1-2H3,(H2,11,12,13,14,16). The van der Waals surface area contributed by atoms with Crippen molar-refractivity contribution in [2.45, 2.75) is 13.8 Å². The molecule has 2 aromatic rings. The Morgan fingerprint density at radius 3 is 2.89 bits per heavy atom. The van der Waals surface area contributed by atoms with Gasteiger partial charge in [-0.05, 0) is 0 Å². The highest BCUT2D eigenvalue weighted by Crippen LogP contribution is 2.23. The number of pyridine rings is 1. The number of nitrogens with one attached hydrogen (secondary N) is 2. The maximum absolute atomic E-state index is 11.6. The van der Waals surface area contributed by atoms with Gasteiger partial charge in [0.15, 0.2) is 5.65 Å². The Bertz CT molecular complexity index is 619. The molecular formula is C10H11N5O3. The van der Waals surface area contributed by atoms with E-state index >= 15 is 0 Å². The number of hydrogen-bond donors (Lipinski definition) is 2. The van der Waals surface area contributed by atoms with E-state index in [-0.39, 0.29) is 17.5 Å². The smallest absolute Gasteiger partial charge is 0.288 e. The summed E-state index contributed by atoms with van der Waals surface area (Å²) in [7, 11) is 0. The number of carbonyl (C=O) groups excluding carboxylic acids is 1. The Balaban J connectivity index is 2.42. The number of nitrogens with zero attached hydrogens (tertiary/aromatic N) is 3. The van der Waals surface area contributed by atoms with Crippen LogP contribution in [0.3, 0.4) is 0 Å². The third kappa shape index (κ3) is 2.12. The average Bonchev–Trinajstić information content (AvgIpc) is 2.71. The van der Waals surface area contributed by atoms with E-state index in [9.17, 15) is 14.9 Å². The van der Waals surface area contributed by atoms with Gasteiger partial charge < -0.3 is 5.32 Å². The van der Waals surface area contributed by atoms with Crippen LogP contribution in [0, 0.1) is 16.0 Å². The summed E-state index contributed by atoms with van der Waals surface area (Å²) in [6.07, 6.45) is 1.12. The van der Waals surface area contributed by atoms with E-state index in [4.69, 9.17) is 0 Å². The van der Waals surface area contributed by atoms with Crippen molar-refractivity contribution in [3.8, 4) is 0 Å². The summed E-state index contributed by atoms with van der Waals surface area (Å²) in [5.74, 6) is -0.0815. The second-order valence-electron chi connectivity index (χ2n) is 4.06. The minimum absolute atomic E-state index is 0.149. The number of amides is 1. The van der Waals surface area contributed by atoms with Gasteiger partial charge in [-0.3, -0.25) is 20.0 Å². The quantitative estimate of drug-likeness (QED) is 0.631. The molecule has 0 aromatic carbocycles. The maximum atomic E-state index is 11.6. The Morgan fingerprint density at radius 1 is 1.56 bits per heavy atom. The number of aromatic amines is 1. The van der Waals surface area contributed by atoms with Gasteiger partial charge in [-0.1, -0.05) is 13.8 Å². The molecule has 8 heteroatoms. The zero-order valence-corrected chi connectivity index (χ0v) is 9.80. The summed E-state index contributed by atoms with van der Waals surface area (Å²) in [6, 6.07) is 1.32. The van der Waals surface area contributed by atoms with Gasteiger partial charge >= 0.3 is 0 Å². The van der Waals surface area contributed by atoms with Crippen LogP contribution >= 0.6 is 0 Å². The first kappa shape index (κ1) is 12.0. The predicted molar refractivity (Wildman–Crippen MR) is 64.0 cm³/mol. The van der Waals surface area contributed by atoms with E-state index in [1.54, 1.807) is 13.8 Å². The summed E-state index contributed by atoms with van der Waals surface area (Å²) in [6.45, 7) is 3.49. The summed E-state index contributed by atoms with van der Waals surface area (Å²) in [5, 5.41) is 20.1. The number of anilines is 1. The van der Waals surface area contributed by atoms with Crippen molar-refractivity contribution >= 4 is 28.4 Å². The SMILES string of the molecule is CC(C)C(=O)Nc1[nH]nc2ncc([N+](=O)[O-])cc12. The molecule has 0 unspecified atom stereocenters. The molecule has 2 N–H and O–H groups in total. The Kier molecular flexibility index (Phi) is 2.92. The first-order chi connectivity index (χ1) is 8.49. The molecule has 18 heavy (non-hydrogen) atoms. The number of aromatic nitrogens is 3. The van der Waals surface area contributed by atoms with Gasteiger partial charge in [-0.2, -0.15) is 5.10 Å². The van der Waals surface area contributed by atoms with Crippen molar-refractivity contribution < 1.29 is 9.72 Å². The molecule has 1 amide bonds. The van der Waals surface area contributed by atoms with Crippen molar-refractivity contribution in [2.75, 3.05) is 5.32 Å². The number of H-pyrrole nitrogens is 1. The molecule has 0 saturated heterocycles. The lowest BCUT2D eigenvalue weighted by atomic mass is 10.2. The van der Waals surface area contributed by atoms with Crippen LogP contribution in [-0.2, 0) is 4.79 Å². The zero-order valence-electron chi connectivity index (χ0n) is 9.80. The lowest BCUT2D eigenvalue weighted by Gasteiger charge is -2.05. The lowest BCUT2D eigenvalue weighted by Crippen LogP contribution is -2.18. The number of rotatable bonds is 3. The Hall–Kier alpha value is -2.51. The molecule has 0 atom stereocenters. The largest absolute Gasteiger partial charge is 0.310 e. The van der Waals surface area contributed by atoms with E-state index in [2.05, 4.69) is 20.5 Å². The van der Waals surface area contributed by atoms with Crippen molar-refractivity contribution in [1.29, 1.82) is 0 Å². The molecule has 0 spiro atoms. The topological polar surface area (TPSA) is 114 Å². The molecule has 8 nitrogen and oxygen atoms in total. The summed E-state index contributed by atoms with van der Waals surface area (Å²) in [4.78, 5) is 25.5. The molecule has 2 rings (SSSR count). The third-order valence-electron chi connectivity index (χ3n) is 2.38. The summed E-state index contributed by atoms with van der Waals surface area (Å²) in [5.41, 5.74) is 0.170. The van der Waals surface area contributed by atoms with E-state index in [0.717, 1.165) is 6.20 Å². The second-order valence-corrected chi connectivity index (χ2v) is 4.06. The van der Waals surface area contributed by atoms with Gasteiger partial charge in [-0.15, -0.1) is 0 Å². The monoisotopic (exact) mass is 249 g/mol. The van der Waals surface area contributed by atoms with Gasteiger partial charge in [-0.25, -0.2) is 4.98 Å². The number of nitro groups is 1.